The molecule has 0 saturated heterocycles. The van der Waals surface area contributed by atoms with Crippen LogP contribution in [0.4, 0.5) is 0 Å². The molecule has 0 saturated carbocycles. The molecule has 0 bridgehead atoms. The maximum absolute atomic E-state index is 12.7. The first kappa shape index (κ1) is 18.1. The largest absolute Gasteiger partial charge is 0.463 e. The molecule has 0 spiro atoms. The van der Waals surface area contributed by atoms with Gasteiger partial charge in [-0.05, 0) is 36.4 Å². The van der Waals surface area contributed by atoms with E-state index in [4.69, 9.17) is 9.15 Å². The van der Waals surface area contributed by atoms with E-state index in [-0.39, 0.29) is 12.4 Å². The molecule has 0 amide bonds. The number of rotatable bonds is 5. The molecule has 2 heterocycles. The van der Waals surface area contributed by atoms with Gasteiger partial charge in [-0.1, -0.05) is 46.3 Å². The normalized spacial score (nSPS) is 10.8. The summed E-state index contributed by atoms with van der Waals surface area (Å²) in [7, 11) is 0. The highest BCUT2D eigenvalue weighted by atomic mass is 79.9. The first-order chi connectivity index (χ1) is 13.6. The highest BCUT2D eigenvalue weighted by molar-refractivity contribution is 9.10. The number of fused-ring (bicyclic) bond motifs is 1. The van der Waals surface area contributed by atoms with Crippen LogP contribution in [0.1, 0.15) is 20.7 Å². The summed E-state index contributed by atoms with van der Waals surface area (Å²) >= 11 is 3.33. The third kappa shape index (κ3) is 3.73. The molecular weight excluding hydrogens is 422 g/mol. The molecule has 5 nitrogen and oxygen atoms in total. The number of halogens is 1. The molecule has 0 aliphatic rings. The van der Waals surface area contributed by atoms with E-state index < -0.39 is 5.97 Å². The summed E-state index contributed by atoms with van der Waals surface area (Å²) in [6, 6.07) is 19.3. The van der Waals surface area contributed by atoms with Crippen LogP contribution in [0.5, 0.6) is 0 Å². The molecule has 138 valence electrons. The van der Waals surface area contributed by atoms with Crippen molar-refractivity contribution in [3.63, 3.8) is 0 Å². The first-order valence-electron chi connectivity index (χ1n) is 8.51. The zero-order valence-corrected chi connectivity index (χ0v) is 16.2. The standard InChI is InChI=1S/C22H14BrNO4/c23-15-6-3-5-14(11-15)20(25)13-28-22(26)17-12-19(21-9-4-10-27-21)24-18-8-2-1-7-16(17)18/h1-12H,13H2. The van der Waals surface area contributed by atoms with Gasteiger partial charge in [0.2, 0.25) is 0 Å². The smallest absolute Gasteiger partial charge is 0.339 e. The summed E-state index contributed by atoms with van der Waals surface area (Å²) in [6.45, 7) is -0.345. The molecular formula is C22H14BrNO4. The lowest BCUT2D eigenvalue weighted by Gasteiger charge is -2.09. The fourth-order valence-electron chi connectivity index (χ4n) is 2.85. The molecule has 0 fully saturated rings. The predicted octanol–water partition coefficient (Wildman–Crippen LogP) is 5.30. The molecule has 0 unspecified atom stereocenters. The molecule has 0 atom stereocenters. The number of furan rings is 1. The molecule has 0 aliphatic carbocycles. The highest BCUT2D eigenvalue weighted by Gasteiger charge is 2.18. The second kappa shape index (κ2) is 7.78. The Balaban J connectivity index is 1.62. The molecule has 4 aromatic rings. The number of Topliss-reactive ketones (excluding diaryl/α,β-unsaturated/α-hetero) is 1. The Hall–Kier alpha value is -3.25. The summed E-state index contributed by atoms with van der Waals surface area (Å²) in [5.74, 6) is -0.320. The van der Waals surface area contributed by atoms with Crippen molar-refractivity contribution in [1.29, 1.82) is 0 Å². The van der Waals surface area contributed by atoms with Crippen molar-refractivity contribution in [3.8, 4) is 11.5 Å². The third-order valence-electron chi connectivity index (χ3n) is 4.19. The van der Waals surface area contributed by atoms with Gasteiger partial charge in [0.15, 0.2) is 18.2 Å². The van der Waals surface area contributed by atoms with Crippen molar-refractivity contribution in [3.05, 3.63) is 88.6 Å². The van der Waals surface area contributed by atoms with Gasteiger partial charge in [0, 0.05) is 15.4 Å². The van der Waals surface area contributed by atoms with Crippen molar-refractivity contribution < 1.29 is 18.7 Å². The Labute approximate surface area is 169 Å². The topological polar surface area (TPSA) is 69.4 Å². The van der Waals surface area contributed by atoms with E-state index in [2.05, 4.69) is 20.9 Å². The molecule has 0 radical (unpaired) electrons. The zero-order chi connectivity index (χ0) is 19.5. The number of benzene rings is 2. The van der Waals surface area contributed by atoms with Crippen LogP contribution in [0.3, 0.4) is 0 Å². The number of pyridine rings is 1. The van der Waals surface area contributed by atoms with Crippen molar-refractivity contribution in [2.45, 2.75) is 0 Å². The fourth-order valence-corrected chi connectivity index (χ4v) is 3.25. The molecule has 2 aromatic carbocycles. The van der Waals surface area contributed by atoms with Crippen LogP contribution in [-0.2, 0) is 4.74 Å². The Morgan fingerprint density at radius 2 is 1.86 bits per heavy atom. The molecule has 4 rings (SSSR count). The number of esters is 1. The van der Waals surface area contributed by atoms with E-state index in [0.717, 1.165) is 4.47 Å². The number of para-hydroxylation sites is 1. The molecule has 0 N–H and O–H groups in total. The highest BCUT2D eigenvalue weighted by Crippen LogP contribution is 2.25. The number of carbonyl (C=O) groups excluding carboxylic acids is 2. The lowest BCUT2D eigenvalue weighted by atomic mass is 10.1. The summed E-state index contributed by atoms with van der Waals surface area (Å²) in [4.78, 5) is 29.6. The van der Waals surface area contributed by atoms with E-state index in [1.165, 1.54) is 0 Å². The van der Waals surface area contributed by atoms with Gasteiger partial charge >= 0.3 is 5.97 Å². The van der Waals surface area contributed by atoms with Crippen LogP contribution >= 0.6 is 15.9 Å². The van der Waals surface area contributed by atoms with Crippen LogP contribution in [0.25, 0.3) is 22.4 Å². The summed E-state index contributed by atoms with van der Waals surface area (Å²) in [6.07, 6.45) is 1.54. The number of nitrogens with zero attached hydrogens (tertiary/aromatic N) is 1. The van der Waals surface area contributed by atoms with Gasteiger partial charge in [-0.25, -0.2) is 9.78 Å². The van der Waals surface area contributed by atoms with Gasteiger partial charge in [0.1, 0.15) is 5.69 Å². The fraction of sp³-hybridized carbons (Fsp3) is 0.0455. The lowest BCUT2D eigenvalue weighted by Crippen LogP contribution is -2.15. The monoisotopic (exact) mass is 435 g/mol. The molecule has 0 aliphatic heterocycles. The van der Waals surface area contributed by atoms with Gasteiger partial charge in [0.25, 0.3) is 0 Å². The van der Waals surface area contributed by atoms with Crippen LogP contribution in [-0.4, -0.2) is 23.3 Å². The van der Waals surface area contributed by atoms with Crippen LogP contribution in [0, 0.1) is 0 Å². The SMILES string of the molecule is O=C(COC(=O)c1cc(-c2ccco2)nc2ccccc12)c1cccc(Br)c1. The predicted molar refractivity (Wildman–Crippen MR) is 108 cm³/mol. The Kier molecular flexibility index (Phi) is 5.04. The van der Waals surface area contributed by atoms with Gasteiger partial charge in [-0.3, -0.25) is 4.79 Å². The maximum Gasteiger partial charge on any atom is 0.339 e. The van der Waals surface area contributed by atoms with Crippen molar-refractivity contribution >= 4 is 38.6 Å². The number of aromatic nitrogens is 1. The molecule has 28 heavy (non-hydrogen) atoms. The van der Waals surface area contributed by atoms with Crippen LogP contribution in [0.2, 0.25) is 0 Å². The second-order valence-corrected chi connectivity index (χ2v) is 6.97. The maximum atomic E-state index is 12.7. The number of ether oxygens (including phenoxy) is 1. The summed E-state index contributed by atoms with van der Waals surface area (Å²) < 4.78 is 11.5. The number of hydrogen-bond acceptors (Lipinski definition) is 5. The second-order valence-electron chi connectivity index (χ2n) is 6.06. The Bertz CT molecular complexity index is 1170. The minimum Gasteiger partial charge on any atom is -0.463 e. The van der Waals surface area contributed by atoms with E-state index in [1.54, 1.807) is 48.7 Å². The van der Waals surface area contributed by atoms with Gasteiger partial charge in [0.05, 0.1) is 17.3 Å². The third-order valence-corrected chi connectivity index (χ3v) is 4.68. The Morgan fingerprint density at radius 1 is 1.00 bits per heavy atom. The van der Waals surface area contributed by atoms with Crippen molar-refractivity contribution in [2.75, 3.05) is 6.61 Å². The van der Waals surface area contributed by atoms with Crippen LogP contribution < -0.4 is 0 Å². The number of ketones is 1. The average molecular weight is 436 g/mol. The number of hydrogen-bond donors (Lipinski definition) is 0. The summed E-state index contributed by atoms with van der Waals surface area (Å²) in [5.41, 5.74) is 1.97. The van der Waals surface area contributed by atoms with Gasteiger partial charge < -0.3 is 9.15 Å². The van der Waals surface area contributed by atoms with E-state index in [0.29, 0.717) is 33.5 Å². The first-order valence-corrected chi connectivity index (χ1v) is 9.31. The quantitative estimate of drug-likeness (QED) is 0.314. The number of carbonyl (C=O) groups is 2. The lowest BCUT2D eigenvalue weighted by molar-refractivity contribution is 0.0476. The average Bonchev–Trinajstić information content (AvgIpc) is 3.26. The van der Waals surface area contributed by atoms with Gasteiger partial charge in [-0.15, -0.1) is 0 Å². The minimum atomic E-state index is -0.588. The van der Waals surface area contributed by atoms with Crippen molar-refractivity contribution in [2.24, 2.45) is 0 Å². The van der Waals surface area contributed by atoms with Crippen molar-refractivity contribution in [1.82, 2.24) is 4.98 Å². The summed E-state index contributed by atoms with van der Waals surface area (Å²) in [5, 5.41) is 0.651. The van der Waals surface area contributed by atoms with Gasteiger partial charge in [-0.2, -0.15) is 0 Å². The minimum absolute atomic E-state index is 0.278. The molecule has 2 aromatic heterocycles. The Morgan fingerprint density at radius 3 is 2.64 bits per heavy atom. The van der Waals surface area contributed by atoms with Crippen LogP contribution in [0.15, 0.2) is 81.9 Å². The van der Waals surface area contributed by atoms with E-state index >= 15 is 0 Å². The molecule has 6 heteroatoms. The zero-order valence-electron chi connectivity index (χ0n) is 14.6. The van der Waals surface area contributed by atoms with E-state index in [1.807, 2.05) is 24.3 Å². The van der Waals surface area contributed by atoms with E-state index in [9.17, 15) is 9.59 Å².